The standard InChI is InChI=1S/C38H50N8O10S2/c1-17-25(31(49)23-19(15-55-35(39)51)37(53-3)33-21(43-33)13-45(37)27(23)29(17)47)41-9-5-7-11-57-58-12-8-6-10-42-26-18(2)30(48)28-24(32(26)50)20(16-56-36(40)52)38(54-4)34-22(44-34)14-46(28)38/h19-22,33-34,41-44H,5-16H2,1-4H3,(H2,39,51)(H2,40,52)/t19-,20-,21+,22+,33+,34+,37-,38-/m1/s1. The molecule has 8 N–H and O–H groups in total. The fourth-order valence-corrected chi connectivity index (χ4v) is 12.4. The van der Waals surface area contributed by atoms with Crippen LogP contribution in [0.25, 0.3) is 0 Å². The van der Waals surface area contributed by atoms with Crippen molar-refractivity contribution in [2.24, 2.45) is 23.3 Å². The molecule has 2 aliphatic carbocycles. The van der Waals surface area contributed by atoms with Gasteiger partial charge in [0.1, 0.15) is 13.2 Å². The molecular weight excluding hydrogens is 793 g/mol. The third kappa shape index (κ3) is 6.24. The monoisotopic (exact) mass is 842 g/mol. The van der Waals surface area contributed by atoms with Gasteiger partial charge in [-0.25, -0.2) is 9.59 Å². The zero-order valence-corrected chi connectivity index (χ0v) is 34.5. The molecule has 8 rings (SSSR count). The molecule has 4 saturated heterocycles. The van der Waals surface area contributed by atoms with E-state index in [9.17, 15) is 28.8 Å². The summed E-state index contributed by atoms with van der Waals surface area (Å²) in [5, 5.41) is 13.2. The maximum Gasteiger partial charge on any atom is 0.404 e. The third-order valence-corrected chi connectivity index (χ3v) is 15.4. The first-order valence-corrected chi connectivity index (χ1v) is 22.2. The smallest absolute Gasteiger partial charge is 0.404 e. The van der Waals surface area contributed by atoms with Crippen LogP contribution in [-0.2, 0) is 38.1 Å². The molecule has 6 heterocycles. The second-order valence-corrected chi connectivity index (χ2v) is 18.5. The number of hydrogen-bond donors (Lipinski definition) is 6. The van der Waals surface area contributed by atoms with Crippen molar-refractivity contribution < 1.29 is 47.7 Å². The predicted molar refractivity (Wildman–Crippen MR) is 211 cm³/mol. The van der Waals surface area contributed by atoms with Crippen molar-refractivity contribution in [2.75, 3.05) is 65.1 Å². The van der Waals surface area contributed by atoms with E-state index in [1.54, 1.807) is 49.7 Å². The highest BCUT2D eigenvalue weighted by Gasteiger charge is 2.74. The van der Waals surface area contributed by atoms with E-state index >= 15 is 0 Å². The molecule has 58 heavy (non-hydrogen) atoms. The molecule has 0 spiro atoms. The van der Waals surface area contributed by atoms with Gasteiger partial charge in [0.25, 0.3) is 0 Å². The quantitative estimate of drug-likeness (QED) is 0.0430. The fourth-order valence-electron chi connectivity index (χ4n) is 10.1. The Morgan fingerprint density at radius 3 is 1.45 bits per heavy atom. The van der Waals surface area contributed by atoms with Crippen molar-refractivity contribution in [3.05, 3.63) is 45.1 Å². The Hall–Kier alpha value is -4.08. The normalized spacial score (nSPS) is 32.7. The summed E-state index contributed by atoms with van der Waals surface area (Å²) in [6.07, 6.45) is 1.44. The number of carbonyl (C=O) groups is 6. The van der Waals surface area contributed by atoms with E-state index in [1.807, 2.05) is 9.80 Å². The molecule has 0 saturated carbocycles. The molecule has 0 unspecified atom stereocenters. The fraction of sp³-hybridized carbons (Fsp3) is 0.632. The Kier molecular flexibility index (Phi) is 10.9. The Bertz CT molecular complexity index is 1850. The SMILES string of the molecule is CO[C@@]12[C@H](COC(N)=O)C3=C(C(=O)C(C)=C(NCCCCSSCCCCNC4=C(C)C(=O)C5=C(C4=O)[C@@H](COC(N)=O)[C@@]4(OC)[C@H]6N[C@H]6CN54)C3=O)N1C[C@@H]1N[C@@H]12. The highest BCUT2D eigenvalue weighted by molar-refractivity contribution is 8.76. The molecule has 314 valence electrons. The molecule has 18 nitrogen and oxygen atoms in total. The lowest BCUT2D eigenvalue weighted by molar-refractivity contribution is -0.137. The highest BCUT2D eigenvalue weighted by Crippen LogP contribution is 2.57. The number of ether oxygens (including phenoxy) is 4. The van der Waals surface area contributed by atoms with E-state index < -0.39 is 35.5 Å². The number of rotatable bonds is 19. The van der Waals surface area contributed by atoms with Gasteiger partial charge in [0, 0.05) is 86.3 Å². The lowest BCUT2D eigenvalue weighted by atomic mass is 9.82. The maximum atomic E-state index is 14.0. The number of nitrogens with two attached hydrogens (primary N) is 2. The minimum atomic E-state index is -1.01. The van der Waals surface area contributed by atoms with Crippen LogP contribution >= 0.6 is 21.6 Å². The van der Waals surface area contributed by atoms with Crippen LogP contribution in [0.3, 0.4) is 0 Å². The number of nitrogens with one attached hydrogen (secondary N) is 4. The maximum absolute atomic E-state index is 14.0. The van der Waals surface area contributed by atoms with E-state index in [1.165, 1.54) is 0 Å². The summed E-state index contributed by atoms with van der Waals surface area (Å²) in [6, 6.07) is 0.0367. The van der Waals surface area contributed by atoms with Crippen LogP contribution in [-0.4, -0.2) is 146 Å². The summed E-state index contributed by atoms with van der Waals surface area (Å²) in [4.78, 5) is 82.3. The van der Waals surface area contributed by atoms with Gasteiger partial charge in [0.15, 0.2) is 11.4 Å². The number of piperazine rings is 2. The number of methoxy groups -OCH3 is 2. The van der Waals surface area contributed by atoms with Gasteiger partial charge >= 0.3 is 12.2 Å². The van der Waals surface area contributed by atoms with E-state index in [4.69, 9.17) is 30.4 Å². The number of ketones is 4. The summed E-state index contributed by atoms with van der Waals surface area (Å²) in [7, 11) is 6.62. The van der Waals surface area contributed by atoms with Gasteiger partial charge in [-0.3, -0.25) is 19.2 Å². The predicted octanol–water partition coefficient (Wildman–Crippen LogP) is -0.0852. The topological polar surface area (TPSA) is 266 Å². The van der Waals surface area contributed by atoms with Crippen molar-refractivity contribution >= 4 is 56.9 Å². The molecule has 0 radical (unpaired) electrons. The zero-order valence-electron chi connectivity index (χ0n) is 32.9. The first-order chi connectivity index (χ1) is 27.8. The minimum Gasteiger partial charge on any atom is -0.449 e. The number of unbranched alkanes of at least 4 members (excludes halogenated alkanes) is 2. The number of nitrogens with zero attached hydrogens (tertiary/aromatic N) is 2. The number of allylic oxidation sites excluding steroid dienone is 4. The van der Waals surface area contributed by atoms with Crippen molar-refractivity contribution in [2.45, 2.75) is 75.1 Å². The van der Waals surface area contributed by atoms with Crippen LogP contribution in [0.2, 0.25) is 0 Å². The molecule has 20 heteroatoms. The van der Waals surface area contributed by atoms with Gasteiger partial charge in [-0.2, -0.15) is 0 Å². The van der Waals surface area contributed by atoms with E-state index in [0.717, 1.165) is 37.2 Å². The molecule has 0 bridgehead atoms. The van der Waals surface area contributed by atoms with Gasteiger partial charge in [0.05, 0.1) is 46.7 Å². The first kappa shape index (κ1) is 40.7. The van der Waals surface area contributed by atoms with Crippen molar-refractivity contribution in [1.29, 1.82) is 0 Å². The molecule has 6 aliphatic heterocycles. The van der Waals surface area contributed by atoms with Crippen molar-refractivity contribution in [3.8, 4) is 0 Å². The summed E-state index contributed by atoms with van der Waals surface area (Å²) < 4.78 is 22.4. The van der Waals surface area contributed by atoms with Crippen LogP contribution in [0.15, 0.2) is 45.1 Å². The first-order valence-electron chi connectivity index (χ1n) is 19.7. The second kappa shape index (κ2) is 15.5. The summed E-state index contributed by atoms with van der Waals surface area (Å²) in [5.41, 5.74) is 11.1. The molecule has 8 atom stereocenters. The van der Waals surface area contributed by atoms with E-state index in [0.29, 0.717) is 59.9 Å². The molecular formula is C38H50N8O10S2. The molecule has 4 fully saturated rings. The Labute approximate surface area is 343 Å². The Morgan fingerprint density at radius 2 is 1.09 bits per heavy atom. The summed E-state index contributed by atoms with van der Waals surface area (Å²) >= 11 is 0. The number of primary amides is 2. The van der Waals surface area contributed by atoms with E-state index in [2.05, 4.69) is 21.3 Å². The molecule has 0 aromatic carbocycles. The lowest BCUT2D eigenvalue weighted by Crippen LogP contribution is -2.55. The number of amides is 2. The van der Waals surface area contributed by atoms with Crippen molar-refractivity contribution in [3.63, 3.8) is 0 Å². The average Bonchev–Trinajstić information content (AvgIpc) is 4.03. The molecule has 0 aromatic heterocycles. The van der Waals surface area contributed by atoms with Crippen molar-refractivity contribution in [1.82, 2.24) is 31.1 Å². The number of carbonyl (C=O) groups excluding carboxylic acids is 6. The Balaban J connectivity index is 0.759. The molecule has 2 amide bonds. The van der Waals surface area contributed by atoms with Crippen LogP contribution < -0.4 is 32.7 Å². The molecule has 8 aliphatic rings. The number of hydrogen-bond acceptors (Lipinski definition) is 18. The second-order valence-electron chi connectivity index (χ2n) is 15.8. The Morgan fingerprint density at radius 1 is 0.690 bits per heavy atom. The van der Waals surface area contributed by atoms with Crippen LogP contribution in [0, 0.1) is 11.8 Å². The molecule has 0 aromatic rings. The third-order valence-electron chi connectivity index (χ3n) is 12.9. The number of fused-ring (bicyclic) bond motifs is 8. The highest BCUT2D eigenvalue weighted by atomic mass is 33.1. The van der Waals surface area contributed by atoms with Gasteiger partial charge < -0.3 is 61.5 Å². The van der Waals surface area contributed by atoms with Crippen LogP contribution in [0.5, 0.6) is 0 Å². The minimum absolute atomic E-state index is 0.104. The van der Waals surface area contributed by atoms with Gasteiger partial charge in [-0.15, -0.1) is 0 Å². The largest absolute Gasteiger partial charge is 0.449 e. The van der Waals surface area contributed by atoms with Gasteiger partial charge in [0.2, 0.25) is 23.1 Å². The van der Waals surface area contributed by atoms with Gasteiger partial charge in [-0.05, 0) is 39.5 Å². The average molecular weight is 843 g/mol. The van der Waals surface area contributed by atoms with Crippen LogP contribution in [0.4, 0.5) is 9.59 Å². The summed E-state index contributed by atoms with van der Waals surface area (Å²) in [5.74, 6) is -0.593. The summed E-state index contributed by atoms with van der Waals surface area (Å²) in [6.45, 7) is 5.02. The number of Topliss-reactive ketones (excluding diaryl/α,β-unsaturated/α-hetero) is 4. The zero-order chi connectivity index (χ0) is 41.3. The lowest BCUT2D eigenvalue weighted by Gasteiger charge is -2.39. The van der Waals surface area contributed by atoms with E-state index in [-0.39, 0.29) is 71.9 Å². The van der Waals surface area contributed by atoms with Gasteiger partial charge in [-0.1, -0.05) is 21.6 Å². The van der Waals surface area contributed by atoms with Crippen LogP contribution in [0.1, 0.15) is 39.5 Å².